The van der Waals surface area contributed by atoms with Crippen molar-refractivity contribution < 1.29 is 22.3 Å². The van der Waals surface area contributed by atoms with Crippen molar-refractivity contribution in [3.05, 3.63) is 59.2 Å². The predicted octanol–water partition coefficient (Wildman–Crippen LogP) is 6.19. The third kappa shape index (κ3) is 13.3. The van der Waals surface area contributed by atoms with Crippen LogP contribution in [0.1, 0.15) is 22.8 Å². The number of hydrogen-bond donors (Lipinski definition) is 0. The summed E-state index contributed by atoms with van der Waals surface area (Å²) in [6.45, 7) is 3.40. The molecule has 3 rings (SSSR count). The van der Waals surface area contributed by atoms with Gasteiger partial charge in [0.15, 0.2) is 0 Å². The van der Waals surface area contributed by atoms with Crippen molar-refractivity contribution in [2.75, 3.05) is 14.1 Å². The van der Waals surface area contributed by atoms with Gasteiger partial charge in [-0.3, -0.25) is 19.8 Å². The van der Waals surface area contributed by atoms with Gasteiger partial charge >= 0.3 is 82.9 Å². The predicted molar refractivity (Wildman–Crippen MR) is 114 cm³/mol. The van der Waals surface area contributed by atoms with Crippen molar-refractivity contribution in [1.29, 1.82) is 0 Å². The molecule has 2 aromatic rings. The summed E-state index contributed by atoms with van der Waals surface area (Å²) in [7, 11) is 30.9. The van der Waals surface area contributed by atoms with Crippen molar-refractivity contribution in [3.8, 4) is 0 Å². The van der Waals surface area contributed by atoms with Gasteiger partial charge in [-0.25, -0.2) is 0 Å². The van der Waals surface area contributed by atoms with Gasteiger partial charge in [-0.1, -0.05) is 12.1 Å². The molecule has 0 aliphatic carbocycles. The third-order valence-corrected chi connectivity index (χ3v) is 3.46. The number of nitrogens with zero attached hydrogens (tertiary/aromatic N) is 4. The first-order valence-electron chi connectivity index (χ1n) is 7.76. The van der Waals surface area contributed by atoms with E-state index < -0.39 is 9.20 Å². The van der Waals surface area contributed by atoms with Crippen molar-refractivity contribution in [2.45, 2.75) is 26.2 Å². The molecule has 4 nitrogen and oxygen atoms in total. The Kier molecular flexibility index (Phi) is 13.6. The second kappa shape index (κ2) is 14.1. The van der Waals surface area contributed by atoms with E-state index in [1.54, 1.807) is 0 Å². The first-order chi connectivity index (χ1) is 13.1. The van der Waals surface area contributed by atoms with E-state index in [2.05, 4.69) is 60.3 Å². The van der Waals surface area contributed by atoms with E-state index in [9.17, 15) is 0 Å². The summed E-state index contributed by atoms with van der Waals surface area (Å²) in [4.78, 5) is 14.0. The molecule has 0 spiro atoms. The van der Waals surface area contributed by atoms with Crippen LogP contribution >= 0.6 is 60.6 Å². The van der Waals surface area contributed by atoms with E-state index in [-0.39, 0.29) is 13.1 Å². The Balaban J connectivity index is 0.000000421. The Morgan fingerprint density at radius 3 is 1.14 bits per heavy atom. The molecule has 162 valence electrons. The van der Waals surface area contributed by atoms with Crippen LogP contribution in [-0.2, 0) is 48.5 Å². The average molecular weight is 593 g/mol. The van der Waals surface area contributed by atoms with Crippen LogP contribution in [0.15, 0.2) is 36.4 Å². The van der Waals surface area contributed by atoms with Crippen LogP contribution in [0.25, 0.3) is 0 Å². The van der Waals surface area contributed by atoms with Crippen molar-refractivity contribution in [3.63, 3.8) is 0 Å². The SMILES string of the molecule is CN1Cc2cccc(n2)CN(C)Cc2cccc(n2)C1.[Cl][Fe+][Cl].[Cl][Fe-]([Cl])([Cl])[Cl]. The number of rotatable bonds is 0. The zero-order chi connectivity index (χ0) is 21.2. The van der Waals surface area contributed by atoms with Gasteiger partial charge in [0.25, 0.3) is 0 Å². The molecule has 12 heteroatoms. The molecule has 1 aliphatic heterocycles. The second-order valence-corrected chi connectivity index (χ2v) is 18.7. The molecular weight excluding hydrogens is 573 g/mol. The Morgan fingerprint density at radius 2 is 0.929 bits per heavy atom. The van der Waals surface area contributed by atoms with Crippen molar-refractivity contribution in [2.24, 2.45) is 0 Å². The van der Waals surface area contributed by atoms with Gasteiger partial charge in [0.2, 0.25) is 0 Å². The molecule has 4 bridgehead atoms. The first kappa shape index (κ1) is 27.0. The summed E-state index contributed by atoms with van der Waals surface area (Å²) in [6.07, 6.45) is 0. The van der Waals surface area contributed by atoms with Gasteiger partial charge in [-0.15, -0.1) is 0 Å². The second-order valence-electron chi connectivity index (χ2n) is 5.94. The number of halogens is 6. The molecule has 0 atom stereocenters. The van der Waals surface area contributed by atoms with Crippen molar-refractivity contribution in [1.82, 2.24) is 19.8 Å². The molecule has 0 amide bonds. The standard InChI is InChI=1S/C16H20N4.6ClH.2Fe/c1-19-9-13-5-3-7-15(17-13)11-20(2)12-16-8-4-6-14(10-19)18-16;;;;;;;;/h3-8H,9-12H2,1-2H3;6*1H;;/q;;;;;;;2*+3/p-6. The number of hydrogen-bond acceptors (Lipinski definition) is 4. The van der Waals surface area contributed by atoms with E-state index >= 15 is 0 Å². The number of aromatic nitrogens is 2. The van der Waals surface area contributed by atoms with Gasteiger partial charge in [-0.05, 0) is 38.4 Å². The fraction of sp³-hybridized carbons (Fsp3) is 0.375. The van der Waals surface area contributed by atoms with Crippen LogP contribution in [0.2, 0.25) is 0 Å². The molecule has 3 heterocycles. The number of pyridine rings is 2. The first-order valence-corrected chi connectivity index (χ1v) is 16.9. The zero-order valence-electron chi connectivity index (χ0n) is 15.1. The molecular formula is C16H20Cl6Fe2N4. The van der Waals surface area contributed by atoms with Crippen molar-refractivity contribution >= 4 is 60.6 Å². The van der Waals surface area contributed by atoms with Gasteiger partial charge in [0.05, 0.1) is 22.8 Å². The minimum absolute atomic E-state index is 0.194. The summed E-state index contributed by atoms with van der Waals surface area (Å²) in [5.41, 5.74) is 4.48. The maximum atomic E-state index is 4.95. The Morgan fingerprint density at radius 1 is 0.714 bits per heavy atom. The zero-order valence-corrected chi connectivity index (χ0v) is 21.8. The van der Waals surface area contributed by atoms with E-state index in [1.165, 1.54) is 0 Å². The summed E-state index contributed by atoms with van der Waals surface area (Å²) in [6, 6.07) is 12.6. The van der Waals surface area contributed by atoms with Gasteiger partial charge in [-0.2, -0.15) is 0 Å². The van der Waals surface area contributed by atoms with Gasteiger partial charge in [0, 0.05) is 26.2 Å². The monoisotopic (exact) mass is 590 g/mol. The molecule has 0 aromatic carbocycles. The summed E-state index contributed by atoms with van der Waals surface area (Å²) >= 11 is 0.194. The molecule has 0 radical (unpaired) electrons. The fourth-order valence-electron chi connectivity index (χ4n) is 2.63. The van der Waals surface area contributed by atoms with E-state index in [0.717, 1.165) is 49.0 Å². The van der Waals surface area contributed by atoms with Crippen LogP contribution < -0.4 is 0 Å². The maximum absolute atomic E-state index is 4.95. The molecule has 0 N–H and O–H groups in total. The molecule has 1 aliphatic rings. The van der Waals surface area contributed by atoms with Crippen LogP contribution in [-0.4, -0.2) is 33.9 Å². The molecule has 0 unspecified atom stereocenters. The van der Waals surface area contributed by atoms with E-state index in [1.807, 2.05) is 0 Å². The Hall–Kier alpha value is 0.999. The number of fused-ring (bicyclic) bond motifs is 4. The van der Waals surface area contributed by atoms with Crippen LogP contribution in [0.5, 0.6) is 0 Å². The van der Waals surface area contributed by atoms with Crippen LogP contribution in [0, 0.1) is 0 Å². The Labute approximate surface area is 200 Å². The topological polar surface area (TPSA) is 32.3 Å². The van der Waals surface area contributed by atoms with Gasteiger partial charge in [0.1, 0.15) is 0 Å². The van der Waals surface area contributed by atoms with E-state index in [4.69, 9.17) is 70.6 Å². The molecule has 2 aromatic heterocycles. The van der Waals surface area contributed by atoms with Crippen LogP contribution in [0.3, 0.4) is 0 Å². The van der Waals surface area contributed by atoms with Gasteiger partial charge < -0.3 is 0 Å². The summed E-state index contributed by atoms with van der Waals surface area (Å²) in [5, 5.41) is 0. The third-order valence-electron chi connectivity index (χ3n) is 3.46. The molecule has 0 saturated carbocycles. The summed E-state index contributed by atoms with van der Waals surface area (Å²) < 4.78 is 0. The van der Waals surface area contributed by atoms with E-state index in [0.29, 0.717) is 0 Å². The molecule has 0 fully saturated rings. The van der Waals surface area contributed by atoms with Crippen LogP contribution in [0.4, 0.5) is 0 Å². The quantitative estimate of drug-likeness (QED) is 0.342. The molecule has 0 saturated heterocycles. The minimum atomic E-state index is -2.61. The fourth-order valence-corrected chi connectivity index (χ4v) is 2.63. The molecule has 28 heavy (non-hydrogen) atoms. The average Bonchev–Trinajstić information content (AvgIpc) is 2.53. The normalized spacial score (nSPS) is 15.7. The Bertz CT molecular complexity index is 618. The summed E-state index contributed by atoms with van der Waals surface area (Å²) in [5.74, 6) is 0.